The number of aliphatic hydroxyl groups excluding tert-OH is 8. The lowest BCUT2D eigenvalue weighted by Crippen LogP contribution is -2.61. The van der Waals surface area contributed by atoms with Gasteiger partial charge in [0.15, 0.2) is 0 Å². The van der Waals surface area contributed by atoms with E-state index in [9.17, 15) is 39.1 Å². The Labute approximate surface area is 153 Å². The molecule has 0 spiro atoms. The first-order valence-corrected chi connectivity index (χ1v) is 9.08. The standard InChI is InChI=1S/C12H22O14S/c13-1-3-5(15)7(17)9(19)11(23-3)25-27(21,22)26-12-10(20)8(18)6(16)4(2-14)24-12/h3-20H,1-2H2/t3-,4-,5+,6+,7+,8+,9-,10-,11?,12?/m1/s1. The Balaban J connectivity index is 2.07. The topological polar surface area (TPSA) is 233 Å². The third-order valence-electron chi connectivity index (χ3n) is 4.12. The van der Waals surface area contributed by atoms with Crippen LogP contribution in [0.2, 0.25) is 0 Å². The van der Waals surface area contributed by atoms with E-state index in [1.165, 1.54) is 0 Å². The highest BCUT2D eigenvalue weighted by atomic mass is 32.3. The summed E-state index contributed by atoms with van der Waals surface area (Å²) in [5.74, 6) is 0. The van der Waals surface area contributed by atoms with Crippen molar-refractivity contribution in [1.82, 2.24) is 0 Å². The molecule has 0 saturated carbocycles. The van der Waals surface area contributed by atoms with Gasteiger partial charge in [0.1, 0.15) is 48.8 Å². The molecule has 0 aromatic heterocycles. The van der Waals surface area contributed by atoms with Gasteiger partial charge in [0.2, 0.25) is 12.6 Å². The first-order chi connectivity index (χ1) is 12.5. The highest BCUT2D eigenvalue weighted by Crippen LogP contribution is 2.27. The third-order valence-corrected chi connectivity index (χ3v) is 4.97. The molecule has 2 aliphatic heterocycles. The van der Waals surface area contributed by atoms with Crippen LogP contribution in [-0.4, -0.2) is 124 Å². The van der Waals surface area contributed by atoms with Crippen molar-refractivity contribution in [1.29, 1.82) is 0 Å². The minimum atomic E-state index is -5.11. The van der Waals surface area contributed by atoms with Crippen molar-refractivity contribution in [2.24, 2.45) is 0 Å². The first-order valence-electron chi connectivity index (χ1n) is 7.75. The summed E-state index contributed by atoms with van der Waals surface area (Å²) in [6, 6.07) is 0. The summed E-state index contributed by atoms with van der Waals surface area (Å²) >= 11 is 0. The van der Waals surface area contributed by atoms with Crippen LogP contribution >= 0.6 is 0 Å². The van der Waals surface area contributed by atoms with Crippen molar-refractivity contribution in [3.8, 4) is 0 Å². The summed E-state index contributed by atoms with van der Waals surface area (Å²) in [5.41, 5.74) is 0. The first kappa shape index (κ1) is 22.8. The van der Waals surface area contributed by atoms with Gasteiger partial charge in [-0.2, -0.15) is 8.42 Å². The third kappa shape index (κ3) is 4.91. The zero-order valence-corrected chi connectivity index (χ0v) is 14.4. The Morgan fingerprint density at radius 2 is 0.963 bits per heavy atom. The van der Waals surface area contributed by atoms with E-state index in [1.54, 1.807) is 0 Å². The van der Waals surface area contributed by atoms with E-state index in [2.05, 4.69) is 8.37 Å². The Bertz CT molecular complexity index is 537. The zero-order chi connectivity index (χ0) is 20.5. The number of ether oxygens (including phenoxy) is 2. The van der Waals surface area contributed by atoms with E-state index in [4.69, 9.17) is 19.7 Å². The Kier molecular flexibility index (Phi) is 7.47. The van der Waals surface area contributed by atoms with Gasteiger partial charge in [0.05, 0.1) is 13.2 Å². The lowest BCUT2D eigenvalue weighted by atomic mass is 9.99. The molecule has 0 amide bonds. The molecule has 2 fully saturated rings. The highest BCUT2D eigenvalue weighted by Gasteiger charge is 2.49. The average Bonchev–Trinajstić information content (AvgIpc) is 2.62. The Morgan fingerprint density at radius 1 is 0.630 bits per heavy atom. The summed E-state index contributed by atoms with van der Waals surface area (Å²) in [7, 11) is -5.11. The van der Waals surface area contributed by atoms with Crippen LogP contribution < -0.4 is 0 Å². The number of aliphatic hydroxyl groups is 8. The molecule has 2 aliphatic rings. The second-order valence-corrected chi connectivity index (χ2v) is 7.20. The molecule has 0 bridgehead atoms. The average molecular weight is 422 g/mol. The molecule has 0 radical (unpaired) electrons. The normalized spacial score (nSPS) is 46.4. The molecule has 14 nitrogen and oxygen atoms in total. The molecule has 2 unspecified atom stereocenters. The van der Waals surface area contributed by atoms with E-state index in [-0.39, 0.29) is 0 Å². The maximum Gasteiger partial charge on any atom is 0.405 e. The predicted octanol–water partition coefficient (Wildman–Crippen LogP) is -6.14. The fourth-order valence-electron chi connectivity index (χ4n) is 2.55. The second-order valence-electron chi connectivity index (χ2n) is 6.00. The summed E-state index contributed by atoms with van der Waals surface area (Å²) in [4.78, 5) is 0. The largest absolute Gasteiger partial charge is 0.405 e. The number of hydrogen-bond donors (Lipinski definition) is 8. The molecule has 27 heavy (non-hydrogen) atoms. The lowest BCUT2D eigenvalue weighted by Gasteiger charge is -2.40. The molecular weight excluding hydrogens is 400 g/mol. The van der Waals surface area contributed by atoms with Crippen molar-refractivity contribution in [2.45, 2.75) is 61.4 Å². The second kappa shape index (κ2) is 8.87. The fourth-order valence-corrected chi connectivity index (χ4v) is 3.38. The van der Waals surface area contributed by atoms with E-state index in [1.807, 2.05) is 0 Å². The molecule has 15 heteroatoms. The van der Waals surface area contributed by atoms with Gasteiger partial charge >= 0.3 is 10.4 Å². The summed E-state index contributed by atoms with van der Waals surface area (Å²) < 4.78 is 42.5. The summed E-state index contributed by atoms with van der Waals surface area (Å²) in [5, 5.41) is 76.0. The van der Waals surface area contributed by atoms with Crippen LogP contribution in [0.1, 0.15) is 0 Å². The monoisotopic (exact) mass is 422 g/mol. The predicted molar refractivity (Wildman–Crippen MR) is 78.6 cm³/mol. The fraction of sp³-hybridized carbons (Fsp3) is 1.00. The molecule has 10 atom stereocenters. The molecule has 2 heterocycles. The SMILES string of the molecule is O=S(=O)(OC1O[C@H](CO)[C@H](O)[C@H](O)[C@H]1O)OC1O[C@H](CO)[C@H](O)[C@H](O)[C@H]1O. The molecule has 2 rings (SSSR count). The highest BCUT2D eigenvalue weighted by molar-refractivity contribution is 7.81. The lowest BCUT2D eigenvalue weighted by molar-refractivity contribution is -0.290. The quantitative estimate of drug-likeness (QED) is 0.199. The van der Waals surface area contributed by atoms with Gasteiger partial charge in [-0.25, -0.2) is 8.37 Å². The molecule has 0 aromatic rings. The van der Waals surface area contributed by atoms with E-state index < -0.39 is 85.0 Å². The van der Waals surface area contributed by atoms with Crippen molar-refractivity contribution >= 4 is 10.4 Å². The van der Waals surface area contributed by atoms with Crippen molar-refractivity contribution in [3.05, 3.63) is 0 Å². The number of hydrogen-bond acceptors (Lipinski definition) is 14. The summed E-state index contributed by atoms with van der Waals surface area (Å²) in [6.07, 6.45) is -18.5. The molecule has 0 aliphatic carbocycles. The van der Waals surface area contributed by atoms with Crippen molar-refractivity contribution in [2.75, 3.05) is 13.2 Å². The molecule has 0 aromatic carbocycles. The van der Waals surface area contributed by atoms with Crippen LogP contribution in [0.25, 0.3) is 0 Å². The van der Waals surface area contributed by atoms with Crippen LogP contribution in [0, 0.1) is 0 Å². The minimum absolute atomic E-state index is 0.835. The Morgan fingerprint density at radius 3 is 1.26 bits per heavy atom. The molecule has 160 valence electrons. The van der Waals surface area contributed by atoms with Crippen molar-refractivity contribution in [3.63, 3.8) is 0 Å². The van der Waals surface area contributed by atoms with Crippen LogP contribution in [0.4, 0.5) is 0 Å². The number of rotatable bonds is 6. The minimum Gasteiger partial charge on any atom is -0.394 e. The van der Waals surface area contributed by atoms with Crippen LogP contribution in [0.15, 0.2) is 0 Å². The van der Waals surface area contributed by atoms with Crippen LogP contribution in [-0.2, 0) is 28.2 Å². The van der Waals surface area contributed by atoms with E-state index in [0.29, 0.717) is 0 Å². The zero-order valence-electron chi connectivity index (χ0n) is 13.6. The van der Waals surface area contributed by atoms with Crippen LogP contribution in [0.5, 0.6) is 0 Å². The molecule has 2 saturated heterocycles. The van der Waals surface area contributed by atoms with Gasteiger partial charge in [0, 0.05) is 0 Å². The maximum absolute atomic E-state index is 12.0. The maximum atomic E-state index is 12.0. The van der Waals surface area contributed by atoms with Gasteiger partial charge in [-0.15, -0.1) is 0 Å². The van der Waals surface area contributed by atoms with E-state index in [0.717, 1.165) is 0 Å². The van der Waals surface area contributed by atoms with Crippen molar-refractivity contribution < 1.29 is 67.1 Å². The van der Waals surface area contributed by atoms with Gasteiger partial charge in [0.25, 0.3) is 0 Å². The van der Waals surface area contributed by atoms with Gasteiger partial charge in [-0.1, -0.05) is 0 Å². The van der Waals surface area contributed by atoms with Crippen LogP contribution in [0.3, 0.4) is 0 Å². The summed E-state index contributed by atoms with van der Waals surface area (Å²) in [6.45, 7) is -1.67. The van der Waals surface area contributed by atoms with Gasteiger partial charge in [-0.05, 0) is 0 Å². The molecular formula is C12H22O14S. The smallest absolute Gasteiger partial charge is 0.394 e. The molecule has 8 N–H and O–H groups in total. The van der Waals surface area contributed by atoms with E-state index >= 15 is 0 Å². The van der Waals surface area contributed by atoms with Gasteiger partial charge < -0.3 is 50.3 Å². The van der Waals surface area contributed by atoms with Gasteiger partial charge in [-0.3, -0.25) is 0 Å². The Hall–Kier alpha value is -0.530.